The van der Waals surface area contributed by atoms with Crippen molar-refractivity contribution in [3.8, 4) is 11.5 Å². The number of aromatic amines is 2. The van der Waals surface area contributed by atoms with Crippen LogP contribution in [0.4, 0.5) is 104 Å². The van der Waals surface area contributed by atoms with E-state index in [2.05, 4.69) is 157 Å². The number of imidazole rings is 1. The van der Waals surface area contributed by atoms with Crippen LogP contribution in [0, 0.1) is 0 Å². The summed E-state index contributed by atoms with van der Waals surface area (Å²) in [6.45, 7) is 19.5. The lowest BCUT2D eigenvalue weighted by molar-refractivity contribution is -0.112. The second-order valence-electron chi connectivity index (χ2n) is 35.5. The van der Waals surface area contributed by atoms with Gasteiger partial charge in [0, 0.05) is 182 Å². The number of nitrogens with zero attached hydrogens (tertiary/aromatic N) is 17. The van der Waals surface area contributed by atoms with Crippen molar-refractivity contribution in [2.45, 2.75) is 49.9 Å². The molecule has 0 aliphatic rings. The lowest BCUT2D eigenvalue weighted by Crippen LogP contribution is -2.20. The molecule has 0 atom stereocenters. The van der Waals surface area contributed by atoms with Gasteiger partial charge in [0.15, 0.2) is 28.5 Å². The fourth-order valence-corrected chi connectivity index (χ4v) is 16.0. The predicted molar refractivity (Wildman–Crippen MR) is 570 cm³/mol. The number of nitrogens with one attached hydrogen (secondary N) is 10. The molecular weight excluding hydrogens is 1940 g/mol. The molecule has 33 nitrogen and oxygen atoms in total. The van der Waals surface area contributed by atoms with Gasteiger partial charge in [-0.25, -0.2) is 34.9 Å². The molecule has 8 aromatic carbocycles. The Morgan fingerprint density at radius 3 is 1.11 bits per heavy atom. The molecule has 18 aromatic rings. The molecule has 0 spiro atoms. The van der Waals surface area contributed by atoms with Gasteiger partial charge in [0.2, 0.25) is 47.4 Å². The molecule has 41 heteroatoms. The molecular formula is C109H107F8N27O6. The topological polar surface area (TPSA) is 371 Å². The minimum absolute atomic E-state index is 0.00187. The Labute approximate surface area is 856 Å². The summed E-state index contributed by atoms with van der Waals surface area (Å²) in [4.78, 5) is 103. The summed E-state index contributed by atoms with van der Waals surface area (Å²) in [6, 6.07) is 55.9. The van der Waals surface area contributed by atoms with Gasteiger partial charge < -0.3 is 95.3 Å². The maximum Gasteiger partial charge on any atom is 0.318 e. The van der Waals surface area contributed by atoms with E-state index in [0.717, 1.165) is 119 Å². The van der Waals surface area contributed by atoms with E-state index in [1.807, 2.05) is 177 Å². The Morgan fingerprint density at radius 1 is 0.367 bits per heavy atom. The highest BCUT2D eigenvalue weighted by atomic mass is 19.3. The average molecular weight is 2040 g/mol. The maximum absolute atomic E-state index is 15.9. The Balaban J connectivity index is 0.000000149. The fourth-order valence-electron chi connectivity index (χ4n) is 16.0. The van der Waals surface area contributed by atoms with E-state index in [4.69, 9.17) is 9.47 Å². The third-order valence-electron chi connectivity index (χ3n) is 23.5. The van der Waals surface area contributed by atoms with E-state index in [9.17, 15) is 19.2 Å². The molecule has 0 aliphatic heterocycles. The summed E-state index contributed by atoms with van der Waals surface area (Å²) in [6.07, 6.45) is 15.6. The number of pyridine rings is 1. The highest BCUT2D eigenvalue weighted by Crippen LogP contribution is 2.46. The number of halogens is 8. The third kappa shape index (κ3) is 25.6. The van der Waals surface area contributed by atoms with Crippen LogP contribution in [0.15, 0.2) is 300 Å². The first kappa shape index (κ1) is 106. The van der Waals surface area contributed by atoms with Crippen LogP contribution in [0.1, 0.15) is 50.7 Å². The summed E-state index contributed by atoms with van der Waals surface area (Å²) >= 11 is 0. The summed E-state index contributed by atoms with van der Waals surface area (Å²) in [5, 5.41) is 26.2. The van der Waals surface area contributed by atoms with Crippen molar-refractivity contribution in [2.24, 2.45) is 0 Å². The SMILES string of the molecule is C=CC(=O)Nc1cccc(C(F)(F)c2nc(Nc3ccc4c(ccn4CCN(C)C)c3)nc3[nH]ccc23)c1.C=CC(=O)Nc1cccc(C(F)(F)c2nc(Nc3ccc4c(ccn4CCN(C)C)c3)nc3nc[nH]c23)c1.C=CC(=O)Nc1cccc(C(F)(F)c2nc(Nc3ccc4c(ccn4CCN(C)C)c3)ncc2OC)c1.C=CC(=O)Nc1cccc(C(F)(F)c2nc(Nc3ccc4nc(CN(C)C)ccc4c3)ncc2OC)c1. The number of amides is 4. The number of carbonyl (C=O) groups is 4. The minimum atomic E-state index is -3.55. The summed E-state index contributed by atoms with van der Waals surface area (Å²) < 4.78 is 143. The maximum atomic E-state index is 15.9. The number of methoxy groups -OCH3 is 2. The van der Waals surface area contributed by atoms with Crippen molar-refractivity contribution >= 4 is 159 Å². The van der Waals surface area contributed by atoms with Crippen LogP contribution in [0.25, 0.3) is 65.8 Å². The molecule has 150 heavy (non-hydrogen) atoms. The molecule has 0 radical (unpaired) electrons. The van der Waals surface area contributed by atoms with Crippen molar-refractivity contribution in [3.05, 3.63) is 351 Å². The van der Waals surface area contributed by atoms with E-state index < -0.39 is 70.1 Å². The smallest absolute Gasteiger partial charge is 0.318 e. The lowest BCUT2D eigenvalue weighted by atomic mass is 10.0. The number of likely N-dealkylation sites (N-methyl/N-ethyl adjacent to an activating group) is 3. The van der Waals surface area contributed by atoms with Gasteiger partial charge in [-0.2, -0.15) is 45.1 Å². The second-order valence-corrected chi connectivity index (χ2v) is 35.5. The molecule has 0 unspecified atom stereocenters. The fraction of sp³-hybridized carbons (Fsp3) is 0.193. The molecule has 0 bridgehead atoms. The van der Waals surface area contributed by atoms with Crippen LogP contribution in [0.2, 0.25) is 0 Å². The van der Waals surface area contributed by atoms with Crippen LogP contribution in [0.5, 0.6) is 11.5 Å². The van der Waals surface area contributed by atoms with Crippen LogP contribution >= 0.6 is 0 Å². The molecule has 10 aromatic heterocycles. The Morgan fingerprint density at radius 2 is 0.727 bits per heavy atom. The first-order valence-corrected chi connectivity index (χ1v) is 46.8. The molecule has 0 saturated heterocycles. The standard InChI is InChI=1S/C28H27F2N7O.C27H26F2N8O.C27H26F2N6O2.C27H28F2N6O2/c1-4-24(38)32-20-7-5-6-19(17-20)28(29,30)25-22-10-12-31-26(22)35-27(34-25)33-21-8-9-23-18(16-21)11-13-37(23)15-14-36(2)3;1-4-22(38)32-19-7-5-6-18(15-19)27(28,29)24-23-25(31-16-30-23)35-26(34-24)33-20-8-9-21-17(14-20)10-11-37(21)13-12-36(2)3;1-5-24(36)32-19-8-6-7-18(14-19)27(28,29)25-23(37-4)15-30-26(34-25)33-20-11-12-22-17(13-20)9-10-21(31-22)16-35(2)3;1-5-24(36)31-20-8-6-7-19(16-20)27(28,29)25-23(37-4)17-30-26(33-25)32-21-9-10-22-18(15-21)11-12-35(22)14-13-34(2)3/h4-13,16-17H,1,14-15H2,2-3H3,(H,32,38)(H2,31,33,34,35);4-11,14-16H,1,12-13H2,2-3H3,(H,32,38)(H2,30,31,33,34,35);5-15H,1,16H2,2-4H3,(H,32,36)(H,30,33,34);5-12,15-17H,1,13-14H2,2-4H3,(H,31,36)(H,30,32,33). The summed E-state index contributed by atoms with van der Waals surface area (Å²) in [7, 11) is 18.7. The number of H-pyrrole nitrogens is 2. The van der Waals surface area contributed by atoms with Crippen molar-refractivity contribution in [3.63, 3.8) is 0 Å². The Kier molecular flexibility index (Phi) is 33.0. The predicted octanol–water partition coefficient (Wildman–Crippen LogP) is 20.5. The average Bonchev–Trinajstić information content (AvgIpc) is 1.49. The Bertz CT molecular complexity index is 7770. The number of fused-ring (bicyclic) bond motifs is 6. The molecule has 10 N–H and O–H groups in total. The van der Waals surface area contributed by atoms with Gasteiger partial charge >= 0.3 is 23.7 Å². The van der Waals surface area contributed by atoms with Gasteiger partial charge in [-0.3, -0.25) is 24.2 Å². The van der Waals surface area contributed by atoms with E-state index >= 15 is 35.1 Å². The van der Waals surface area contributed by atoms with Gasteiger partial charge in [0.1, 0.15) is 22.6 Å². The van der Waals surface area contributed by atoms with Gasteiger partial charge in [0.05, 0.1) is 44.2 Å². The van der Waals surface area contributed by atoms with Gasteiger partial charge in [-0.15, -0.1) is 0 Å². The summed E-state index contributed by atoms with van der Waals surface area (Å²) in [5.41, 5.74) is 5.24. The Hall–Kier alpha value is -18.0. The van der Waals surface area contributed by atoms with Gasteiger partial charge in [-0.1, -0.05) is 80.9 Å². The zero-order valence-corrected chi connectivity index (χ0v) is 83.3. The molecule has 18 rings (SSSR count). The quantitative estimate of drug-likeness (QED) is 0.0128. The molecule has 4 amide bonds. The van der Waals surface area contributed by atoms with Crippen molar-refractivity contribution in [1.29, 1.82) is 0 Å². The van der Waals surface area contributed by atoms with E-state index in [-0.39, 0.29) is 102 Å². The van der Waals surface area contributed by atoms with Crippen molar-refractivity contribution in [2.75, 3.05) is 133 Å². The molecule has 0 fully saturated rings. The monoisotopic (exact) mass is 2040 g/mol. The van der Waals surface area contributed by atoms with E-state index in [1.165, 1.54) is 136 Å². The lowest BCUT2D eigenvalue weighted by Gasteiger charge is -2.20. The zero-order chi connectivity index (χ0) is 107. The number of alkyl halides is 8. The second kappa shape index (κ2) is 46.6. The first-order chi connectivity index (χ1) is 71.9. The van der Waals surface area contributed by atoms with Crippen LogP contribution in [0.3, 0.4) is 0 Å². The van der Waals surface area contributed by atoms with Gasteiger partial charge in [-0.05, 0) is 232 Å². The molecule has 0 aliphatic carbocycles. The van der Waals surface area contributed by atoms with Crippen LogP contribution in [-0.4, -0.2) is 207 Å². The molecule has 0 saturated carbocycles. The first-order valence-electron chi connectivity index (χ1n) is 46.8. The number of hydrogen-bond donors (Lipinski definition) is 10. The number of carbonyl (C=O) groups excluding carboxylic acids is 4. The number of hydrogen-bond acceptors (Lipinski definition) is 24. The zero-order valence-electron chi connectivity index (χ0n) is 83.3. The normalized spacial score (nSPS) is 11.6. The number of aromatic nitrogens is 15. The largest absolute Gasteiger partial charge is 0.493 e. The molecule has 770 valence electrons. The van der Waals surface area contributed by atoms with Crippen LogP contribution in [-0.2, 0) is 69.0 Å². The van der Waals surface area contributed by atoms with Crippen molar-refractivity contribution in [1.82, 2.24) is 93.1 Å². The number of rotatable bonds is 37. The van der Waals surface area contributed by atoms with E-state index in [0.29, 0.717) is 22.7 Å². The van der Waals surface area contributed by atoms with E-state index in [1.54, 1.807) is 12.3 Å². The van der Waals surface area contributed by atoms with Crippen LogP contribution < -0.4 is 52.0 Å². The highest BCUT2D eigenvalue weighted by Gasteiger charge is 2.44. The van der Waals surface area contributed by atoms with Crippen molar-refractivity contribution < 1.29 is 63.8 Å². The number of anilines is 12. The number of ether oxygens (including phenoxy) is 2. The van der Waals surface area contributed by atoms with Gasteiger partial charge in [0.25, 0.3) is 0 Å². The third-order valence-corrected chi connectivity index (χ3v) is 23.5. The minimum Gasteiger partial charge on any atom is -0.493 e. The highest BCUT2D eigenvalue weighted by molar-refractivity contribution is 6.01. The molecule has 10 heterocycles. The number of benzene rings is 8. The summed E-state index contributed by atoms with van der Waals surface area (Å²) in [5.74, 6) is -16.4.